The molecule has 0 bridgehead atoms. The lowest BCUT2D eigenvalue weighted by Gasteiger charge is -2.15. The van der Waals surface area contributed by atoms with E-state index >= 15 is 0 Å². The summed E-state index contributed by atoms with van der Waals surface area (Å²) in [5.41, 5.74) is 6.01. The largest absolute Gasteiger partial charge is 0.481 e. The predicted molar refractivity (Wildman–Crippen MR) is 124 cm³/mol. The van der Waals surface area contributed by atoms with Gasteiger partial charge >= 0.3 is 0 Å². The smallest absolute Gasteiger partial charge is 0.182 e. The first kappa shape index (κ1) is 20.2. The van der Waals surface area contributed by atoms with E-state index in [0.717, 1.165) is 74.1 Å². The van der Waals surface area contributed by atoms with E-state index < -0.39 is 6.10 Å². The van der Waals surface area contributed by atoms with Crippen LogP contribution in [-0.4, -0.2) is 21.8 Å². The molecular weight excluding hydrogens is 446 g/mol. The number of rotatable bonds is 4. The highest BCUT2D eigenvalue weighted by atomic mass is 35.5. The van der Waals surface area contributed by atoms with Crippen molar-refractivity contribution in [3.63, 3.8) is 0 Å². The number of thiophene rings is 1. The zero-order valence-electron chi connectivity index (χ0n) is 17.5. The lowest BCUT2D eigenvalue weighted by molar-refractivity contribution is 0.177. The van der Waals surface area contributed by atoms with E-state index in [4.69, 9.17) is 20.9 Å². The Bertz CT molecular complexity index is 1330. The van der Waals surface area contributed by atoms with Gasteiger partial charge in [-0.05, 0) is 30.7 Å². The molecule has 6 rings (SSSR count). The SMILES string of the molecule is CC[C@@H](O)c1cc2nccc(-c3cc(Cl)cc4c3O[C@@H](c3onc5c3CNCC5)C4)c2s1. The summed E-state index contributed by atoms with van der Waals surface area (Å²) < 4.78 is 13.3. The van der Waals surface area contributed by atoms with Gasteiger partial charge in [-0.2, -0.15) is 0 Å². The van der Waals surface area contributed by atoms with E-state index in [0.29, 0.717) is 17.9 Å². The molecule has 0 radical (unpaired) electrons. The Morgan fingerprint density at radius 2 is 2.22 bits per heavy atom. The Labute approximate surface area is 194 Å². The van der Waals surface area contributed by atoms with E-state index in [1.54, 1.807) is 17.5 Å². The van der Waals surface area contributed by atoms with Crippen molar-refractivity contribution in [1.29, 1.82) is 0 Å². The molecule has 3 aromatic heterocycles. The molecule has 2 N–H and O–H groups in total. The molecule has 2 aliphatic rings. The summed E-state index contributed by atoms with van der Waals surface area (Å²) >= 11 is 8.11. The van der Waals surface area contributed by atoms with Gasteiger partial charge in [-0.15, -0.1) is 11.3 Å². The Balaban J connectivity index is 1.44. The van der Waals surface area contributed by atoms with Gasteiger partial charge in [0, 0.05) is 64.3 Å². The molecule has 0 saturated carbocycles. The fraction of sp³-hybridized carbons (Fsp3) is 0.333. The van der Waals surface area contributed by atoms with Crippen LogP contribution in [0.4, 0.5) is 0 Å². The topological polar surface area (TPSA) is 80.4 Å². The molecule has 0 unspecified atom stereocenters. The van der Waals surface area contributed by atoms with Crippen molar-refractivity contribution in [2.75, 3.05) is 6.54 Å². The van der Waals surface area contributed by atoms with Crippen molar-refractivity contribution in [2.24, 2.45) is 0 Å². The second kappa shape index (κ2) is 7.85. The van der Waals surface area contributed by atoms with Crippen LogP contribution < -0.4 is 10.1 Å². The molecule has 164 valence electrons. The van der Waals surface area contributed by atoms with Gasteiger partial charge in [0.15, 0.2) is 11.9 Å². The normalized spacial score (nSPS) is 18.4. The lowest BCUT2D eigenvalue weighted by Crippen LogP contribution is -2.24. The third-order valence-electron chi connectivity index (χ3n) is 6.27. The summed E-state index contributed by atoms with van der Waals surface area (Å²) in [5, 5.41) is 18.7. The number of aliphatic hydroxyl groups is 1. The Hall–Kier alpha value is -2.45. The van der Waals surface area contributed by atoms with Crippen LogP contribution in [0.1, 0.15) is 53.0 Å². The molecule has 6 nitrogen and oxygen atoms in total. The maximum absolute atomic E-state index is 10.3. The number of hydrogen-bond acceptors (Lipinski definition) is 7. The standard InChI is InChI=1S/C24H22ClN3O3S/c1-2-19(29)21-10-18-24(32-21)14(3-6-27-18)15-9-13(25)7-12-8-20(30-22(12)15)23-16-11-26-5-4-17(16)28-31-23/h3,6-7,9-10,19-20,26,29H,2,4-5,8,11H2,1H3/t19-,20-/m1/s1. The quantitative estimate of drug-likeness (QED) is 0.420. The van der Waals surface area contributed by atoms with Crippen LogP contribution in [0.15, 0.2) is 35.0 Å². The highest BCUT2D eigenvalue weighted by molar-refractivity contribution is 7.19. The highest BCUT2D eigenvalue weighted by Crippen LogP contribution is 2.48. The summed E-state index contributed by atoms with van der Waals surface area (Å²) in [4.78, 5) is 5.44. The molecule has 5 heterocycles. The van der Waals surface area contributed by atoms with Crippen molar-refractivity contribution in [3.05, 3.63) is 62.9 Å². The molecule has 2 aliphatic heterocycles. The van der Waals surface area contributed by atoms with Crippen LogP contribution >= 0.6 is 22.9 Å². The van der Waals surface area contributed by atoms with Crippen LogP contribution in [0, 0.1) is 0 Å². The average Bonchev–Trinajstić information content (AvgIpc) is 3.53. The van der Waals surface area contributed by atoms with Crippen molar-refractivity contribution in [3.8, 4) is 16.9 Å². The number of aliphatic hydroxyl groups excluding tert-OH is 1. The minimum Gasteiger partial charge on any atom is -0.481 e. The summed E-state index contributed by atoms with van der Waals surface area (Å²) in [7, 11) is 0. The predicted octanol–water partition coefficient (Wildman–Crippen LogP) is 5.37. The molecule has 32 heavy (non-hydrogen) atoms. The van der Waals surface area contributed by atoms with Gasteiger partial charge in [0.05, 0.1) is 22.0 Å². The van der Waals surface area contributed by atoms with Crippen LogP contribution in [0.5, 0.6) is 5.75 Å². The molecule has 0 amide bonds. The number of ether oxygens (including phenoxy) is 1. The van der Waals surface area contributed by atoms with Crippen molar-refractivity contribution < 1.29 is 14.4 Å². The highest BCUT2D eigenvalue weighted by Gasteiger charge is 2.34. The maximum Gasteiger partial charge on any atom is 0.182 e. The van der Waals surface area contributed by atoms with E-state index in [1.165, 1.54) is 0 Å². The molecule has 0 spiro atoms. The van der Waals surface area contributed by atoms with Crippen molar-refractivity contribution in [2.45, 2.75) is 44.9 Å². The third kappa shape index (κ3) is 3.23. The number of aromatic nitrogens is 2. The first-order chi connectivity index (χ1) is 15.6. The second-order valence-electron chi connectivity index (χ2n) is 8.30. The first-order valence-electron chi connectivity index (χ1n) is 10.9. The third-order valence-corrected chi connectivity index (χ3v) is 7.74. The van der Waals surface area contributed by atoms with E-state index in [9.17, 15) is 5.11 Å². The van der Waals surface area contributed by atoms with Gasteiger partial charge in [0.2, 0.25) is 0 Å². The van der Waals surface area contributed by atoms with Crippen molar-refractivity contribution in [1.82, 2.24) is 15.5 Å². The minimum atomic E-state index is -0.487. The molecule has 8 heteroatoms. The summed E-state index contributed by atoms with van der Waals surface area (Å²) in [6.45, 7) is 3.64. The molecule has 0 fully saturated rings. The fourth-order valence-corrected chi connectivity index (χ4v) is 6.07. The zero-order valence-corrected chi connectivity index (χ0v) is 19.1. The Morgan fingerprint density at radius 1 is 1.31 bits per heavy atom. The van der Waals surface area contributed by atoms with E-state index in [2.05, 4.69) is 15.5 Å². The number of hydrogen-bond donors (Lipinski definition) is 2. The van der Waals surface area contributed by atoms with Gasteiger partial charge in [0.25, 0.3) is 0 Å². The summed E-state index contributed by atoms with van der Waals surface area (Å²) in [6, 6.07) is 7.88. The zero-order chi connectivity index (χ0) is 21.8. The summed E-state index contributed by atoms with van der Waals surface area (Å²) in [5.74, 6) is 1.63. The maximum atomic E-state index is 10.3. The number of nitrogens with zero attached hydrogens (tertiary/aromatic N) is 2. The molecule has 0 aliphatic carbocycles. The second-order valence-corrected chi connectivity index (χ2v) is 9.82. The van der Waals surface area contributed by atoms with Gasteiger partial charge in [-0.1, -0.05) is 23.7 Å². The monoisotopic (exact) mass is 467 g/mol. The number of nitrogens with one attached hydrogen (secondary N) is 1. The number of halogens is 1. The van der Waals surface area contributed by atoms with Crippen molar-refractivity contribution >= 4 is 33.2 Å². The Kier molecular flexibility index (Phi) is 4.95. The van der Waals surface area contributed by atoms with E-state index in [1.807, 2.05) is 31.2 Å². The lowest BCUT2D eigenvalue weighted by atomic mass is 9.99. The van der Waals surface area contributed by atoms with Gasteiger partial charge in [-0.25, -0.2) is 0 Å². The fourth-order valence-electron chi connectivity index (χ4n) is 4.62. The van der Waals surface area contributed by atoms with Gasteiger partial charge in [0.1, 0.15) is 5.75 Å². The summed E-state index contributed by atoms with van der Waals surface area (Å²) in [6.07, 6.45) is 3.30. The minimum absolute atomic E-state index is 0.225. The first-order valence-corrected chi connectivity index (χ1v) is 12.1. The Morgan fingerprint density at radius 3 is 3.09 bits per heavy atom. The van der Waals surface area contributed by atoms with Gasteiger partial charge < -0.3 is 19.7 Å². The molecular formula is C24H22ClN3O3S. The van der Waals surface area contributed by atoms with Crippen LogP contribution in [0.3, 0.4) is 0 Å². The molecule has 1 aromatic carbocycles. The van der Waals surface area contributed by atoms with Crippen LogP contribution in [0.25, 0.3) is 21.3 Å². The number of benzene rings is 1. The van der Waals surface area contributed by atoms with E-state index in [-0.39, 0.29) is 6.10 Å². The van der Waals surface area contributed by atoms with Crippen LogP contribution in [0.2, 0.25) is 5.02 Å². The number of fused-ring (bicyclic) bond motifs is 3. The van der Waals surface area contributed by atoms with Gasteiger partial charge in [-0.3, -0.25) is 4.98 Å². The number of pyridine rings is 1. The molecule has 4 aromatic rings. The average molecular weight is 468 g/mol. The molecule has 0 saturated heterocycles. The van der Waals surface area contributed by atoms with Crippen LogP contribution in [-0.2, 0) is 19.4 Å². The molecule has 2 atom stereocenters.